The van der Waals surface area contributed by atoms with Crippen LogP contribution in [0.5, 0.6) is 0 Å². The van der Waals surface area contributed by atoms with Crippen molar-refractivity contribution < 1.29 is 9.53 Å². The molecule has 0 aromatic heterocycles. The lowest BCUT2D eigenvalue weighted by Crippen LogP contribution is -2.51. The van der Waals surface area contributed by atoms with Crippen LogP contribution in [0.25, 0.3) is 0 Å². The van der Waals surface area contributed by atoms with Gasteiger partial charge in [0.2, 0.25) is 5.91 Å². The van der Waals surface area contributed by atoms with E-state index in [9.17, 15) is 4.79 Å². The van der Waals surface area contributed by atoms with Crippen LogP contribution < -0.4 is 16.0 Å². The van der Waals surface area contributed by atoms with E-state index >= 15 is 0 Å². The van der Waals surface area contributed by atoms with Crippen LogP contribution in [0.15, 0.2) is 4.99 Å². The number of hydrogen-bond donors (Lipinski definition) is 3. The summed E-state index contributed by atoms with van der Waals surface area (Å²) in [7, 11) is 3.61. The lowest BCUT2D eigenvalue weighted by Gasteiger charge is -2.34. The molecule has 0 aromatic carbocycles. The molecule has 0 aromatic rings. The van der Waals surface area contributed by atoms with Crippen molar-refractivity contribution in [2.75, 3.05) is 73.1 Å². The highest BCUT2D eigenvalue weighted by atomic mass is 127. The first-order valence-electron chi connectivity index (χ1n) is 11.3. The highest BCUT2D eigenvalue weighted by Crippen LogP contribution is 2.16. The molecule has 2 aliphatic heterocycles. The van der Waals surface area contributed by atoms with Gasteiger partial charge in [-0.25, -0.2) is 0 Å². The van der Waals surface area contributed by atoms with Gasteiger partial charge in [-0.3, -0.25) is 14.7 Å². The summed E-state index contributed by atoms with van der Waals surface area (Å²) < 4.78 is 5.18. The molecule has 2 saturated heterocycles. The number of rotatable bonds is 10. The zero-order chi connectivity index (χ0) is 20.9. The average molecular weight is 539 g/mol. The van der Waals surface area contributed by atoms with Crippen LogP contribution in [0.4, 0.5) is 0 Å². The first kappa shape index (κ1) is 27.4. The number of amides is 1. The molecule has 2 heterocycles. The van der Waals surface area contributed by atoms with E-state index in [0.717, 1.165) is 77.6 Å². The molecule has 0 unspecified atom stereocenters. The maximum Gasteiger partial charge on any atom is 0.234 e. The monoisotopic (exact) mass is 538 g/mol. The highest BCUT2D eigenvalue weighted by molar-refractivity contribution is 14.0. The number of methoxy groups -OCH3 is 1. The number of piperidine rings is 2. The van der Waals surface area contributed by atoms with Gasteiger partial charge in [0.25, 0.3) is 0 Å². The van der Waals surface area contributed by atoms with E-state index in [1.807, 2.05) is 7.05 Å². The van der Waals surface area contributed by atoms with E-state index in [1.54, 1.807) is 7.11 Å². The third-order valence-electron chi connectivity index (χ3n) is 5.97. The Balaban J connectivity index is 0.00000450. The van der Waals surface area contributed by atoms with E-state index in [2.05, 4.69) is 37.7 Å². The van der Waals surface area contributed by atoms with Crippen molar-refractivity contribution >= 4 is 35.8 Å². The smallest absolute Gasteiger partial charge is 0.234 e. The van der Waals surface area contributed by atoms with Crippen molar-refractivity contribution in [1.82, 2.24) is 25.8 Å². The molecule has 0 aliphatic carbocycles. The Morgan fingerprint density at radius 2 is 1.73 bits per heavy atom. The SMILES string of the molecule is CCCNC(=O)CN1CCC(NC(=NC)NCC2CCN(CCOC)CC2)CC1.I. The number of carbonyl (C=O) groups excluding carboxylic acids is 1. The van der Waals surface area contributed by atoms with Gasteiger partial charge in [0.05, 0.1) is 13.2 Å². The van der Waals surface area contributed by atoms with Gasteiger partial charge < -0.3 is 25.6 Å². The number of likely N-dealkylation sites (tertiary alicyclic amines) is 2. The van der Waals surface area contributed by atoms with Crippen molar-refractivity contribution in [1.29, 1.82) is 0 Å². The van der Waals surface area contributed by atoms with E-state index in [1.165, 1.54) is 12.8 Å². The second-order valence-corrected chi connectivity index (χ2v) is 8.28. The quantitative estimate of drug-likeness (QED) is 0.220. The second-order valence-electron chi connectivity index (χ2n) is 8.28. The van der Waals surface area contributed by atoms with Crippen LogP contribution in [-0.2, 0) is 9.53 Å². The summed E-state index contributed by atoms with van der Waals surface area (Å²) in [4.78, 5) is 21.0. The highest BCUT2D eigenvalue weighted by Gasteiger charge is 2.22. The number of halogens is 1. The Morgan fingerprint density at radius 1 is 1.07 bits per heavy atom. The van der Waals surface area contributed by atoms with Gasteiger partial charge in [0, 0.05) is 52.9 Å². The Kier molecular flexibility index (Phi) is 14.6. The summed E-state index contributed by atoms with van der Waals surface area (Å²) in [6.07, 6.45) is 5.52. The largest absolute Gasteiger partial charge is 0.383 e. The molecule has 3 N–H and O–H groups in total. The number of nitrogens with one attached hydrogen (secondary N) is 3. The summed E-state index contributed by atoms with van der Waals surface area (Å²) >= 11 is 0. The van der Waals surface area contributed by atoms with Gasteiger partial charge in [0.15, 0.2) is 5.96 Å². The molecule has 2 rings (SSSR count). The summed E-state index contributed by atoms with van der Waals surface area (Å²) in [5.74, 6) is 1.76. The molecule has 1 amide bonds. The summed E-state index contributed by atoms with van der Waals surface area (Å²) in [6, 6.07) is 0.423. The van der Waals surface area contributed by atoms with Crippen LogP contribution in [0.3, 0.4) is 0 Å². The molecular formula is C21H43IN6O2. The fraction of sp³-hybridized carbons (Fsp3) is 0.905. The Hall–Kier alpha value is -0.650. The molecule has 2 aliphatic rings. The average Bonchev–Trinajstić information content (AvgIpc) is 2.75. The van der Waals surface area contributed by atoms with Crippen molar-refractivity contribution in [2.45, 2.75) is 45.1 Å². The van der Waals surface area contributed by atoms with Gasteiger partial charge in [-0.15, -0.1) is 24.0 Å². The van der Waals surface area contributed by atoms with Crippen LogP contribution in [-0.4, -0.2) is 101 Å². The van der Waals surface area contributed by atoms with E-state index < -0.39 is 0 Å². The summed E-state index contributed by atoms with van der Waals surface area (Å²) in [5, 5.41) is 10.1. The lowest BCUT2D eigenvalue weighted by molar-refractivity contribution is -0.122. The van der Waals surface area contributed by atoms with Crippen LogP contribution in [0.1, 0.15) is 39.0 Å². The number of aliphatic imine (C=N–C) groups is 1. The lowest BCUT2D eigenvalue weighted by atomic mass is 9.97. The van der Waals surface area contributed by atoms with Gasteiger partial charge in [-0.05, 0) is 51.1 Å². The molecule has 30 heavy (non-hydrogen) atoms. The molecule has 0 spiro atoms. The van der Waals surface area contributed by atoms with Gasteiger partial charge in [-0.1, -0.05) is 6.92 Å². The van der Waals surface area contributed by atoms with Crippen molar-refractivity contribution in [3.05, 3.63) is 0 Å². The first-order valence-corrected chi connectivity index (χ1v) is 11.3. The predicted octanol–water partition coefficient (Wildman–Crippen LogP) is 1.12. The Labute approximate surface area is 200 Å². The summed E-state index contributed by atoms with van der Waals surface area (Å²) in [5.41, 5.74) is 0. The van der Waals surface area contributed by atoms with Crippen LogP contribution in [0.2, 0.25) is 0 Å². The fourth-order valence-corrected chi connectivity index (χ4v) is 4.02. The molecule has 0 saturated carbocycles. The molecule has 176 valence electrons. The minimum atomic E-state index is 0. The van der Waals surface area contributed by atoms with Crippen LogP contribution in [0, 0.1) is 5.92 Å². The number of hydrogen-bond acceptors (Lipinski definition) is 5. The third-order valence-corrected chi connectivity index (χ3v) is 5.97. The molecule has 0 radical (unpaired) electrons. The number of ether oxygens (including phenoxy) is 1. The minimum Gasteiger partial charge on any atom is -0.383 e. The third kappa shape index (κ3) is 10.6. The number of nitrogens with zero attached hydrogens (tertiary/aromatic N) is 3. The van der Waals surface area contributed by atoms with Gasteiger partial charge in [0.1, 0.15) is 0 Å². The normalized spacial score (nSPS) is 19.9. The molecule has 2 fully saturated rings. The topological polar surface area (TPSA) is 81.2 Å². The summed E-state index contributed by atoms with van der Waals surface area (Å²) in [6.45, 7) is 10.4. The molecule has 0 atom stereocenters. The van der Waals surface area contributed by atoms with Gasteiger partial charge >= 0.3 is 0 Å². The standard InChI is InChI=1S/C21H42N6O2.HI/c1-4-9-23-20(28)17-27-12-7-19(8-13-27)25-21(22-2)24-16-18-5-10-26(11-6-18)14-15-29-3;/h18-19H,4-17H2,1-3H3,(H,23,28)(H2,22,24,25);1H. The van der Waals surface area contributed by atoms with Crippen molar-refractivity contribution in [3.8, 4) is 0 Å². The maximum atomic E-state index is 11.9. The molecular weight excluding hydrogens is 495 g/mol. The van der Waals surface area contributed by atoms with E-state index in [4.69, 9.17) is 4.74 Å². The predicted molar refractivity (Wildman–Crippen MR) is 134 cm³/mol. The Bertz CT molecular complexity index is 492. The molecule has 0 bridgehead atoms. The van der Waals surface area contributed by atoms with Crippen molar-refractivity contribution in [2.24, 2.45) is 10.9 Å². The fourth-order valence-electron chi connectivity index (χ4n) is 4.02. The number of guanidine groups is 1. The molecule has 9 heteroatoms. The molecule has 8 nitrogen and oxygen atoms in total. The minimum absolute atomic E-state index is 0. The zero-order valence-electron chi connectivity index (χ0n) is 19.1. The second kappa shape index (κ2) is 16.0. The zero-order valence-corrected chi connectivity index (χ0v) is 21.5. The Morgan fingerprint density at radius 3 is 2.33 bits per heavy atom. The van der Waals surface area contributed by atoms with Gasteiger partial charge in [-0.2, -0.15) is 0 Å². The van der Waals surface area contributed by atoms with Crippen molar-refractivity contribution in [3.63, 3.8) is 0 Å². The van der Waals surface area contributed by atoms with Crippen LogP contribution >= 0.6 is 24.0 Å². The first-order chi connectivity index (χ1) is 14.1. The number of carbonyl (C=O) groups is 1. The van der Waals surface area contributed by atoms with E-state index in [-0.39, 0.29) is 29.9 Å². The maximum absolute atomic E-state index is 11.9. The van der Waals surface area contributed by atoms with E-state index in [0.29, 0.717) is 18.5 Å².